The first kappa shape index (κ1) is 18.5. The van der Waals surface area contributed by atoms with Crippen LogP contribution in [-0.4, -0.2) is 23.6 Å². The molecule has 2 amide bonds. The number of aromatic nitrogens is 1. The van der Waals surface area contributed by atoms with Gasteiger partial charge in [-0.05, 0) is 42.3 Å². The Morgan fingerprint density at radius 2 is 1.69 bits per heavy atom. The lowest BCUT2D eigenvalue weighted by Gasteiger charge is -2.09. The highest BCUT2D eigenvalue weighted by Gasteiger charge is 2.16. The summed E-state index contributed by atoms with van der Waals surface area (Å²) in [5, 5.41) is 5.59. The lowest BCUT2D eigenvalue weighted by atomic mass is 10.1. The van der Waals surface area contributed by atoms with Crippen molar-refractivity contribution in [3.63, 3.8) is 0 Å². The van der Waals surface area contributed by atoms with Crippen molar-refractivity contribution in [3.8, 4) is 11.5 Å². The third-order valence-corrected chi connectivity index (χ3v) is 4.55. The number of anilines is 1. The first-order valence-corrected chi connectivity index (χ1v) is 9.11. The van der Waals surface area contributed by atoms with E-state index < -0.39 is 5.91 Å². The zero-order valence-electron chi connectivity index (χ0n) is 15.8. The molecule has 7 nitrogen and oxygen atoms in total. The molecule has 3 aromatic rings. The van der Waals surface area contributed by atoms with E-state index in [0.29, 0.717) is 23.7 Å². The van der Waals surface area contributed by atoms with Gasteiger partial charge in [-0.15, -0.1) is 0 Å². The van der Waals surface area contributed by atoms with Crippen LogP contribution >= 0.6 is 0 Å². The molecule has 1 aliphatic heterocycles. The Balaban J connectivity index is 1.43. The van der Waals surface area contributed by atoms with E-state index in [1.165, 1.54) is 0 Å². The number of hydrogen-bond acceptors (Lipinski definition) is 5. The average Bonchev–Trinajstić information content (AvgIpc) is 3.21. The van der Waals surface area contributed by atoms with Crippen molar-refractivity contribution in [2.24, 2.45) is 0 Å². The Labute approximate surface area is 167 Å². The lowest BCUT2D eigenvalue weighted by Crippen LogP contribution is -2.25. The van der Waals surface area contributed by atoms with Gasteiger partial charge in [0.2, 0.25) is 6.79 Å². The molecule has 0 radical (unpaired) electrons. The Kier molecular flexibility index (Phi) is 5.11. The summed E-state index contributed by atoms with van der Waals surface area (Å²) in [6.07, 6.45) is 0. The second kappa shape index (κ2) is 8.02. The minimum atomic E-state index is -0.419. The molecule has 0 spiro atoms. The van der Waals surface area contributed by atoms with E-state index in [-0.39, 0.29) is 24.1 Å². The van der Waals surface area contributed by atoms with Crippen LogP contribution in [0.15, 0.2) is 60.7 Å². The van der Waals surface area contributed by atoms with Crippen LogP contribution in [0.4, 0.5) is 5.69 Å². The lowest BCUT2D eigenvalue weighted by molar-refractivity contribution is 0.0945. The molecular formula is C22H19N3O4. The van der Waals surface area contributed by atoms with Gasteiger partial charge in [0.25, 0.3) is 11.8 Å². The zero-order chi connectivity index (χ0) is 20.2. The summed E-state index contributed by atoms with van der Waals surface area (Å²) >= 11 is 0. The molecule has 146 valence electrons. The normalized spacial score (nSPS) is 11.8. The minimum Gasteiger partial charge on any atom is -0.454 e. The van der Waals surface area contributed by atoms with E-state index in [9.17, 15) is 9.59 Å². The number of nitrogens with one attached hydrogen (secondary N) is 2. The molecule has 7 heteroatoms. The van der Waals surface area contributed by atoms with Crippen LogP contribution in [0.5, 0.6) is 11.5 Å². The smallest absolute Gasteiger partial charge is 0.274 e. The van der Waals surface area contributed by atoms with Crippen LogP contribution in [0.3, 0.4) is 0 Å². The molecule has 2 N–H and O–H groups in total. The largest absolute Gasteiger partial charge is 0.454 e. The van der Waals surface area contributed by atoms with E-state index in [4.69, 9.17) is 9.47 Å². The molecule has 0 saturated carbocycles. The van der Waals surface area contributed by atoms with Gasteiger partial charge in [-0.1, -0.05) is 30.3 Å². The summed E-state index contributed by atoms with van der Waals surface area (Å²) in [7, 11) is 0. The topological polar surface area (TPSA) is 89.6 Å². The summed E-state index contributed by atoms with van der Waals surface area (Å²) in [5.74, 6) is 0.442. The summed E-state index contributed by atoms with van der Waals surface area (Å²) < 4.78 is 10.6. The van der Waals surface area contributed by atoms with Gasteiger partial charge in [0.1, 0.15) is 11.4 Å². The molecule has 0 atom stereocenters. The number of benzene rings is 2. The molecule has 29 heavy (non-hydrogen) atoms. The molecule has 2 aromatic carbocycles. The molecule has 1 aliphatic rings. The molecular weight excluding hydrogens is 370 g/mol. The van der Waals surface area contributed by atoms with Crippen LogP contribution < -0.4 is 20.1 Å². The maximum absolute atomic E-state index is 12.5. The maximum atomic E-state index is 12.5. The monoisotopic (exact) mass is 389 g/mol. The molecule has 0 unspecified atom stereocenters. The fourth-order valence-corrected chi connectivity index (χ4v) is 2.93. The van der Waals surface area contributed by atoms with Crippen LogP contribution in [-0.2, 0) is 6.54 Å². The number of nitrogens with zero attached hydrogens (tertiary/aromatic N) is 1. The first-order valence-electron chi connectivity index (χ1n) is 9.11. The highest BCUT2D eigenvalue weighted by Crippen LogP contribution is 2.34. The SMILES string of the molecule is Cc1ccccc1CNC(=O)c1cccc(C(=O)Nc2ccc3c(c2)OCO3)n1. The van der Waals surface area contributed by atoms with Crippen molar-refractivity contribution in [2.75, 3.05) is 12.1 Å². The second-order valence-electron chi connectivity index (χ2n) is 6.54. The van der Waals surface area contributed by atoms with Gasteiger partial charge >= 0.3 is 0 Å². The van der Waals surface area contributed by atoms with Crippen molar-refractivity contribution in [2.45, 2.75) is 13.5 Å². The van der Waals surface area contributed by atoms with Crippen molar-refractivity contribution in [1.29, 1.82) is 0 Å². The van der Waals surface area contributed by atoms with Gasteiger partial charge in [0, 0.05) is 18.3 Å². The fourth-order valence-electron chi connectivity index (χ4n) is 2.93. The minimum absolute atomic E-state index is 0.145. The van der Waals surface area contributed by atoms with Gasteiger partial charge in [-0.25, -0.2) is 4.98 Å². The molecule has 0 aliphatic carbocycles. The number of aryl methyl sites for hydroxylation is 1. The number of carbonyl (C=O) groups is 2. The Morgan fingerprint density at radius 3 is 2.52 bits per heavy atom. The standard InChI is InChI=1S/C22H19N3O4/c1-14-5-2-3-6-15(14)12-23-21(26)17-7-4-8-18(25-17)22(27)24-16-9-10-19-20(11-16)29-13-28-19/h2-11H,12-13H2,1H3,(H,23,26)(H,24,27). The highest BCUT2D eigenvalue weighted by atomic mass is 16.7. The molecule has 0 saturated heterocycles. The predicted octanol–water partition coefficient (Wildman–Crippen LogP) is 3.30. The van der Waals surface area contributed by atoms with Crippen LogP contribution in [0.1, 0.15) is 32.1 Å². The number of amides is 2. The van der Waals surface area contributed by atoms with Crippen LogP contribution in [0, 0.1) is 6.92 Å². The molecule has 0 fully saturated rings. The average molecular weight is 389 g/mol. The van der Waals surface area contributed by atoms with E-state index in [1.807, 2.05) is 31.2 Å². The number of carbonyl (C=O) groups excluding carboxylic acids is 2. The zero-order valence-corrected chi connectivity index (χ0v) is 15.8. The van der Waals surface area contributed by atoms with Gasteiger partial charge < -0.3 is 20.1 Å². The van der Waals surface area contributed by atoms with Gasteiger partial charge in [-0.2, -0.15) is 0 Å². The van der Waals surface area contributed by atoms with Gasteiger partial charge in [0.05, 0.1) is 0 Å². The maximum Gasteiger partial charge on any atom is 0.274 e. The summed E-state index contributed by atoms with van der Waals surface area (Å²) in [6.45, 7) is 2.54. The van der Waals surface area contributed by atoms with Crippen molar-refractivity contribution < 1.29 is 19.1 Å². The third kappa shape index (κ3) is 4.19. The molecule has 0 bridgehead atoms. The van der Waals surface area contributed by atoms with Gasteiger partial charge in [0.15, 0.2) is 11.5 Å². The van der Waals surface area contributed by atoms with Gasteiger partial charge in [-0.3, -0.25) is 9.59 Å². The summed E-state index contributed by atoms with van der Waals surface area (Å²) in [6, 6.07) is 17.7. The van der Waals surface area contributed by atoms with E-state index in [1.54, 1.807) is 36.4 Å². The van der Waals surface area contributed by atoms with E-state index >= 15 is 0 Å². The van der Waals surface area contributed by atoms with E-state index in [0.717, 1.165) is 11.1 Å². The number of fused-ring (bicyclic) bond motifs is 1. The predicted molar refractivity (Wildman–Crippen MR) is 107 cm³/mol. The molecule has 4 rings (SSSR count). The van der Waals surface area contributed by atoms with E-state index in [2.05, 4.69) is 15.6 Å². The molecule has 1 aromatic heterocycles. The fraction of sp³-hybridized carbons (Fsp3) is 0.136. The third-order valence-electron chi connectivity index (χ3n) is 4.55. The number of pyridine rings is 1. The number of rotatable bonds is 5. The van der Waals surface area contributed by atoms with Crippen molar-refractivity contribution >= 4 is 17.5 Å². The number of hydrogen-bond donors (Lipinski definition) is 2. The highest BCUT2D eigenvalue weighted by molar-refractivity contribution is 6.04. The second-order valence-corrected chi connectivity index (χ2v) is 6.54. The number of ether oxygens (including phenoxy) is 2. The molecule has 2 heterocycles. The van der Waals surface area contributed by atoms with Crippen LogP contribution in [0.2, 0.25) is 0 Å². The summed E-state index contributed by atoms with van der Waals surface area (Å²) in [4.78, 5) is 29.2. The van der Waals surface area contributed by atoms with Crippen molar-refractivity contribution in [1.82, 2.24) is 10.3 Å². The Hall–Kier alpha value is -3.87. The first-order chi connectivity index (χ1) is 14.1. The Bertz CT molecular complexity index is 1080. The Morgan fingerprint density at radius 1 is 0.931 bits per heavy atom. The van der Waals surface area contributed by atoms with Crippen molar-refractivity contribution in [3.05, 3.63) is 83.2 Å². The quantitative estimate of drug-likeness (QED) is 0.699. The summed E-state index contributed by atoms with van der Waals surface area (Å²) in [5.41, 5.74) is 2.99. The van der Waals surface area contributed by atoms with Crippen LogP contribution in [0.25, 0.3) is 0 Å².